The molecule has 0 bridgehead atoms. The van der Waals surface area contributed by atoms with Crippen LogP contribution in [0.5, 0.6) is 5.75 Å². The Morgan fingerprint density at radius 2 is 1.90 bits per heavy atom. The monoisotopic (exact) mass is 270 g/mol. The maximum absolute atomic E-state index is 12.3. The first kappa shape index (κ1) is 13.9. The van der Waals surface area contributed by atoms with Crippen LogP contribution in [0.25, 0.3) is 0 Å². The molecule has 0 aliphatic heterocycles. The SMILES string of the molecule is CC(C)c1ccccc1NC(=O)c1cc(O)ccc1N. The number of amides is 1. The number of hydrogen-bond donors (Lipinski definition) is 3. The van der Waals surface area contributed by atoms with Crippen LogP contribution in [-0.4, -0.2) is 11.0 Å². The highest BCUT2D eigenvalue weighted by Gasteiger charge is 2.13. The van der Waals surface area contributed by atoms with E-state index >= 15 is 0 Å². The Morgan fingerprint density at radius 1 is 1.20 bits per heavy atom. The van der Waals surface area contributed by atoms with Gasteiger partial charge < -0.3 is 16.2 Å². The molecule has 2 rings (SSSR count). The Bertz CT molecular complexity index is 636. The molecule has 0 radical (unpaired) electrons. The zero-order valence-electron chi connectivity index (χ0n) is 11.6. The second-order valence-corrected chi connectivity index (χ2v) is 4.97. The van der Waals surface area contributed by atoms with Gasteiger partial charge in [0.1, 0.15) is 5.75 Å². The second kappa shape index (κ2) is 5.65. The lowest BCUT2D eigenvalue weighted by molar-refractivity contribution is 0.102. The van der Waals surface area contributed by atoms with Gasteiger partial charge in [-0.05, 0) is 35.7 Å². The molecule has 2 aromatic rings. The minimum absolute atomic E-state index is 0.0153. The van der Waals surface area contributed by atoms with Crippen molar-refractivity contribution in [2.45, 2.75) is 19.8 Å². The van der Waals surface area contributed by atoms with Crippen molar-refractivity contribution in [2.24, 2.45) is 0 Å². The fourth-order valence-corrected chi connectivity index (χ4v) is 2.04. The van der Waals surface area contributed by atoms with Crippen molar-refractivity contribution in [2.75, 3.05) is 11.1 Å². The molecule has 0 atom stereocenters. The van der Waals surface area contributed by atoms with Crippen LogP contribution in [0.2, 0.25) is 0 Å². The van der Waals surface area contributed by atoms with Crippen molar-refractivity contribution in [3.63, 3.8) is 0 Å². The van der Waals surface area contributed by atoms with Gasteiger partial charge >= 0.3 is 0 Å². The van der Waals surface area contributed by atoms with Crippen molar-refractivity contribution in [3.8, 4) is 5.75 Å². The van der Waals surface area contributed by atoms with Crippen LogP contribution in [0, 0.1) is 0 Å². The van der Waals surface area contributed by atoms with Crippen LogP contribution in [0.15, 0.2) is 42.5 Å². The van der Waals surface area contributed by atoms with E-state index in [9.17, 15) is 9.90 Å². The molecule has 0 aromatic heterocycles. The van der Waals surface area contributed by atoms with E-state index in [1.165, 1.54) is 18.2 Å². The minimum Gasteiger partial charge on any atom is -0.508 e. The van der Waals surface area contributed by atoms with Gasteiger partial charge in [-0.2, -0.15) is 0 Å². The topological polar surface area (TPSA) is 75.3 Å². The average Bonchev–Trinajstić information content (AvgIpc) is 2.41. The molecule has 0 aliphatic carbocycles. The number of rotatable bonds is 3. The fourth-order valence-electron chi connectivity index (χ4n) is 2.04. The highest BCUT2D eigenvalue weighted by Crippen LogP contribution is 2.25. The third-order valence-electron chi connectivity index (χ3n) is 3.11. The number of anilines is 2. The van der Waals surface area contributed by atoms with E-state index in [2.05, 4.69) is 19.2 Å². The number of hydrogen-bond acceptors (Lipinski definition) is 3. The highest BCUT2D eigenvalue weighted by atomic mass is 16.3. The molecule has 0 saturated carbocycles. The quantitative estimate of drug-likeness (QED) is 0.591. The molecular weight excluding hydrogens is 252 g/mol. The van der Waals surface area contributed by atoms with Crippen molar-refractivity contribution < 1.29 is 9.90 Å². The Morgan fingerprint density at radius 3 is 2.60 bits per heavy atom. The molecule has 0 aliphatic rings. The lowest BCUT2D eigenvalue weighted by atomic mass is 10.0. The van der Waals surface area contributed by atoms with Gasteiger partial charge in [0.25, 0.3) is 5.91 Å². The Kier molecular flexibility index (Phi) is 3.94. The van der Waals surface area contributed by atoms with Crippen LogP contribution >= 0.6 is 0 Å². The molecular formula is C16H18N2O2. The summed E-state index contributed by atoms with van der Waals surface area (Å²) in [5.74, 6) is -0.0129. The van der Waals surface area contributed by atoms with Crippen LogP contribution in [0.3, 0.4) is 0 Å². The lowest BCUT2D eigenvalue weighted by Gasteiger charge is -2.14. The molecule has 0 spiro atoms. The van der Waals surface area contributed by atoms with Crippen molar-refractivity contribution in [1.29, 1.82) is 0 Å². The number of phenols is 1. The van der Waals surface area contributed by atoms with Gasteiger partial charge in [-0.1, -0.05) is 32.0 Å². The Labute approximate surface area is 118 Å². The van der Waals surface area contributed by atoms with E-state index in [1.54, 1.807) is 0 Å². The summed E-state index contributed by atoms with van der Waals surface area (Å²) in [6.07, 6.45) is 0. The standard InChI is InChI=1S/C16H18N2O2/c1-10(2)12-5-3-4-6-15(12)18-16(20)13-9-11(19)7-8-14(13)17/h3-10,19H,17H2,1-2H3,(H,18,20). The van der Waals surface area contributed by atoms with Crippen molar-refractivity contribution in [1.82, 2.24) is 0 Å². The van der Waals surface area contributed by atoms with Crippen LogP contribution in [-0.2, 0) is 0 Å². The summed E-state index contributed by atoms with van der Waals surface area (Å²) in [4.78, 5) is 12.3. The third-order valence-corrected chi connectivity index (χ3v) is 3.11. The Balaban J connectivity index is 2.31. The van der Waals surface area contributed by atoms with Gasteiger partial charge in [-0.15, -0.1) is 0 Å². The zero-order chi connectivity index (χ0) is 14.7. The van der Waals surface area contributed by atoms with Crippen LogP contribution in [0.4, 0.5) is 11.4 Å². The number of benzene rings is 2. The van der Waals surface area contributed by atoms with Gasteiger partial charge in [-0.25, -0.2) is 0 Å². The molecule has 0 saturated heterocycles. The van der Waals surface area contributed by atoms with E-state index < -0.39 is 0 Å². The van der Waals surface area contributed by atoms with Gasteiger partial charge in [0.15, 0.2) is 0 Å². The number of carbonyl (C=O) groups excluding carboxylic acids is 1. The van der Waals surface area contributed by atoms with E-state index in [0.717, 1.165) is 11.3 Å². The van der Waals surface area contributed by atoms with E-state index in [-0.39, 0.29) is 17.2 Å². The first-order valence-corrected chi connectivity index (χ1v) is 6.48. The summed E-state index contributed by atoms with van der Waals surface area (Å²) >= 11 is 0. The first-order chi connectivity index (χ1) is 9.49. The third kappa shape index (κ3) is 2.91. The molecule has 0 unspecified atom stereocenters. The highest BCUT2D eigenvalue weighted by molar-refractivity contribution is 6.08. The molecule has 4 heteroatoms. The van der Waals surface area contributed by atoms with Gasteiger partial charge in [0.2, 0.25) is 0 Å². The van der Waals surface area contributed by atoms with Gasteiger partial charge in [-0.3, -0.25) is 4.79 Å². The maximum atomic E-state index is 12.3. The van der Waals surface area contributed by atoms with Gasteiger partial charge in [0.05, 0.1) is 5.56 Å². The predicted octanol–water partition coefficient (Wildman–Crippen LogP) is 3.35. The normalized spacial score (nSPS) is 10.6. The fraction of sp³-hybridized carbons (Fsp3) is 0.188. The summed E-state index contributed by atoms with van der Waals surface area (Å²) in [5.41, 5.74) is 8.19. The molecule has 2 aromatic carbocycles. The molecule has 104 valence electrons. The number of nitrogen functional groups attached to an aromatic ring is 1. The number of phenolic OH excluding ortho intramolecular Hbond substituents is 1. The summed E-state index contributed by atoms with van der Waals surface area (Å²) in [6.45, 7) is 4.13. The summed E-state index contributed by atoms with van der Waals surface area (Å²) in [7, 11) is 0. The number of aromatic hydroxyl groups is 1. The second-order valence-electron chi connectivity index (χ2n) is 4.97. The molecule has 0 fully saturated rings. The lowest BCUT2D eigenvalue weighted by Crippen LogP contribution is -2.15. The molecule has 0 heterocycles. The molecule has 4 N–H and O–H groups in total. The smallest absolute Gasteiger partial charge is 0.257 e. The first-order valence-electron chi connectivity index (χ1n) is 6.48. The molecule has 20 heavy (non-hydrogen) atoms. The van der Waals surface area contributed by atoms with Crippen molar-refractivity contribution >= 4 is 17.3 Å². The molecule has 1 amide bonds. The van der Waals surface area contributed by atoms with Crippen molar-refractivity contribution in [3.05, 3.63) is 53.6 Å². The zero-order valence-corrected chi connectivity index (χ0v) is 11.6. The number of carbonyl (C=O) groups is 1. The summed E-state index contributed by atoms with van der Waals surface area (Å²) in [5, 5.41) is 12.3. The summed E-state index contributed by atoms with van der Waals surface area (Å²) in [6, 6.07) is 12.0. The maximum Gasteiger partial charge on any atom is 0.257 e. The minimum atomic E-state index is -0.327. The number of nitrogens with one attached hydrogen (secondary N) is 1. The predicted molar refractivity (Wildman–Crippen MR) is 81.0 cm³/mol. The summed E-state index contributed by atoms with van der Waals surface area (Å²) < 4.78 is 0. The number of nitrogens with two attached hydrogens (primary N) is 1. The van der Waals surface area contributed by atoms with E-state index in [1.807, 2.05) is 24.3 Å². The van der Waals surface area contributed by atoms with Crippen LogP contribution in [0.1, 0.15) is 35.7 Å². The average molecular weight is 270 g/mol. The van der Waals surface area contributed by atoms with E-state index in [4.69, 9.17) is 5.73 Å². The van der Waals surface area contributed by atoms with Gasteiger partial charge in [0, 0.05) is 11.4 Å². The largest absolute Gasteiger partial charge is 0.508 e. The number of para-hydroxylation sites is 1. The van der Waals surface area contributed by atoms with Crippen LogP contribution < -0.4 is 11.1 Å². The molecule has 4 nitrogen and oxygen atoms in total. The Hall–Kier alpha value is -2.49. The van der Waals surface area contributed by atoms with E-state index in [0.29, 0.717) is 11.6 Å².